The summed E-state index contributed by atoms with van der Waals surface area (Å²) in [6.07, 6.45) is 0. The Labute approximate surface area is 175 Å². The minimum absolute atomic E-state index is 0.0694. The second-order valence-electron chi connectivity index (χ2n) is 6.89. The number of amides is 1. The van der Waals surface area contributed by atoms with Gasteiger partial charge in [-0.25, -0.2) is 0 Å². The molecule has 5 heteroatoms. The Morgan fingerprint density at radius 1 is 0.931 bits per heavy atom. The van der Waals surface area contributed by atoms with Crippen LogP contribution in [0, 0.1) is 0 Å². The highest BCUT2D eigenvalue weighted by Crippen LogP contribution is 2.37. The van der Waals surface area contributed by atoms with E-state index in [4.69, 9.17) is 9.47 Å². The molecule has 3 aromatic carbocycles. The van der Waals surface area contributed by atoms with E-state index in [1.807, 2.05) is 85.9 Å². The summed E-state index contributed by atoms with van der Waals surface area (Å²) in [6.45, 7) is 1.63. The number of carbonyl (C=O) groups excluding carboxylic acids is 1. The highest BCUT2D eigenvalue weighted by atomic mass is 32.2. The Kier molecular flexibility index (Phi) is 6.06. The van der Waals surface area contributed by atoms with Crippen LogP contribution in [0.5, 0.6) is 11.5 Å². The van der Waals surface area contributed by atoms with Crippen LogP contribution in [-0.4, -0.2) is 31.1 Å². The number of hydrogen-bond donors (Lipinski definition) is 0. The summed E-state index contributed by atoms with van der Waals surface area (Å²) < 4.78 is 11.3. The highest BCUT2D eigenvalue weighted by molar-refractivity contribution is 8.00. The predicted molar refractivity (Wildman–Crippen MR) is 115 cm³/mol. The van der Waals surface area contributed by atoms with Crippen LogP contribution in [0.3, 0.4) is 0 Å². The average Bonchev–Trinajstić information content (AvgIpc) is 2.78. The number of rotatable bonds is 6. The van der Waals surface area contributed by atoms with Crippen molar-refractivity contribution in [2.45, 2.75) is 16.7 Å². The van der Waals surface area contributed by atoms with Crippen LogP contribution in [0.1, 0.15) is 16.4 Å². The molecule has 1 unspecified atom stereocenters. The third kappa shape index (κ3) is 4.74. The van der Waals surface area contributed by atoms with Gasteiger partial charge in [0.25, 0.3) is 0 Å². The molecule has 3 aromatic rings. The maximum atomic E-state index is 13.4. The molecule has 0 radical (unpaired) electrons. The predicted octanol–water partition coefficient (Wildman–Crippen LogP) is 4.95. The van der Waals surface area contributed by atoms with Gasteiger partial charge in [-0.05, 0) is 35.4 Å². The second kappa shape index (κ2) is 9.05. The van der Waals surface area contributed by atoms with Gasteiger partial charge in [-0.15, -0.1) is 11.8 Å². The van der Waals surface area contributed by atoms with Crippen molar-refractivity contribution in [3.8, 4) is 11.5 Å². The van der Waals surface area contributed by atoms with Gasteiger partial charge in [-0.3, -0.25) is 4.79 Å². The van der Waals surface area contributed by atoms with Gasteiger partial charge in [-0.2, -0.15) is 0 Å². The van der Waals surface area contributed by atoms with E-state index in [1.54, 1.807) is 16.7 Å². The lowest BCUT2D eigenvalue weighted by Crippen LogP contribution is -2.30. The zero-order valence-corrected chi connectivity index (χ0v) is 17.1. The Morgan fingerprint density at radius 3 is 2.31 bits per heavy atom. The molecule has 148 valence electrons. The fourth-order valence-electron chi connectivity index (χ4n) is 3.26. The van der Waals surface area contributed by atoms with Gasteiger partial charge in [0.15, 0.2) is 11.5 Å². The lowest BCUT2D eigenvalue weighted by Gasteiger charge is -2.25. The van der Waals surface area contributed by atoms with E-state index in [0.29, 0.717) is 19.8 Å². The van der Waals surface area contributed by atoms with Gasteiger partial charge in [0.2, 0.25) is 5.91 Å². The van der Waals surface area contributed by atoms with Gasteiger partial charge in [-0.1, -0.05) is 54.6 Å². The van der Waals surface area contributed by atoms with Crippen molar-refractivity contribution in [3.05, 3.63) is 90.0 Å². The van der Waals surface area contributed by atoms with Crippen LogP contribution < -0.4 is 9.47 Å². The summed E-state index contributed by atoms with van der Waals surface area (Å²) in [5.74, 6) is 1.57. The number of ether oxygens (including phenoxy) is 2. The van der Waals surface area contributed by atoms with Crippen LogP contribution in [0.25, 0.3) is 0 Å². The molecule has 0 fully saturated rings. The van der Waals surface area contributed by atoms with Gasteiger partial charge in [0.05, 0.1) is 0 Å². The molecule has 0 N–H and O–H groups in total. The number of benzene rings is 3. The molecule has 0 spiro atoms. The molecule has 4 nitrogen and oxygen atoms in total. The zero-order chi connectivity index (χ0) is 20.1. The molecule has 0 bridgehead atoms. The van der Waals surface area contributed by atoms with Crippen molar-refractivity contribution in [3.63, 3.8) is 0 Å². The first kappa shape index (κ1) is 19.4. The third-order valence-electron chi connectivity index (χ3n) is 4.73. The molecular weight excluding hydrogens is 382 g/mol. The SMILES string of the molecule is CN(Cc1ccc2c(c1)OCCO2)C(=O)C(Sc1ccccc1)c1ccccc1. The van der Waals surface area contributed by atoms with E-state index in [1.165, 1.54) is 0 Å². The number of hydrogen-bond acceptors (Lipinski definition) is 4. The monoisotopic (exact) mass is 405 g/mol. The molecule has 0 saturated carbocycles. The first-order valence-electron chi connectivity index (χ1n) is 9.61. The van der Waals surface area contributed by atoms with Crippen LogP contribution >= 0.6 is 11.8 Å². The topological polar surface area (TPSA) is 38.8 Å². The molecule has 1 aliphatic rings. The number of nitrogens with zero attached hydrogens (tertiary/aromatic N) is 1. The fraction of sp³-hybridized carbons (Fsp3) is 0.208. The maximum Gasteiger partial charge on any atom is 0.240 e. The van der Waals surface area contributed by atoms with E-state index in [2.05, 4.69) is 0 Å². The van der Waals surface area contributed by atoms with Crippen LogP contribution in [0.4, 0.5) is 0 Å². The maximum absolute atomic E-state index is 13.4. The molecule has 1 aliphatic heterocycles. The normalized spacial score (nSPS) is 13.6. The molecule has 1 atom stereocenters. The van der Waals surface area contributed by atoms with Gasteiger partial charge in [0.1, 0.15) is 18.5 Å². The summed E-state index contributed by atoms with van der Waals surface area (Å²) in [4.78, 5) is 16.2. The van der Waals surface area contributed by atoms with Crippen molar-refractivity contribution in [1.82, 2.24) is 4.90 Å². The molecule has 29 heavy (non-hydrogen) atoms. The number of carbonyl (C=O) groups is 1. The van der Waals surface area contributed by atoms with E-state index in [-0.39, 0.29) is 11.2 Å². The first-order chi connectivity index (χ1) is 14.2. The molecule has 0 aliphatic carbocycles. The smallest absolute Gasteiger partial charge is 0.240 e. The van der Waals surface area contributed by atoms with Crippen molar-refractivity contribution >= 4 is 17.7 Å². The van der Waals surface area contributed by atoms with Crippen LogP contribution in [0.2, 0.25) is 0 Å². The summed E-state index contributed by atoms with van der Waals surface area (Å²) in [7, 11) is 1.85. The van der Waals surface area contributed by atoms with E-state index >= 15 is 0 Å². The van der Waals surface area contributed by atoms with E-state index < -0.39 is 0 Å². The number of likely N-dealkylation sites (N-methyl/N-ethyl adjacent to an activating group) is 1. The van der Waals surface area contributed by atoms with Crippen LogP contribution in [0.15, 0.2) is 83.8 Å². The van der Waals surface area contributed by atoms with Crippen molar-refractivity contribution in [1.29, 1.82) is 0 Å². The highest BCUT2D eigenvalue weighted by Gasteiger charge is 2.25. The standard InChI is InChI=1S/C24H23NO3S/c1-25(17-18-12-13-21-22(16-18)28-15-14-27-21)24(26)23(19-8-4-2-5-9-19)29-20-10-6-3-7-11-20/h2-13,16,23H,14-15,17H2,1H3. The number of fused-ring (bicyclic) bond motifs is 1. The Balaban J connectivity index is 1.53. The first-order valence-corrected chi connectivity index (χ1v) is 10.5. The lowest BCUT2D eigenvalue weighted by atomic mass is 10.1. The summed E-state index contributed by atoms with van der Waals surface area (Å²) in [5.41, 5.74) is 2.02. The minimum Gasteiger partial charge on any atom is -0.486 e. The molecule has 1 heterocycles. The third-order valence-corrected chi connectivity index (χ3v) is 5.98. The molecule has 4 rings (SSSR count). The summed E-state index contributed by atoms with van der Waals surface area (Å²) in [5, 5.41) is -0.305. The molecular formula is C24H23NO3S. The molecule has 0 aromatic heterocycles. The van der Waals surface area contributed by atoms with Gasteiger partial charge in [0, 0.05) is 18.5 Å². The zero-order valence-electron chi connectivity index (χ0n) is 16.3. The lowest BCUT2D eigenvalue weighted by molar-refractivity contribution is -0.129. The average molecular weight is 406 g/mol. The van der Waals surface area contributed by atoms with E-state index in [9.17, 15) is 4.79 Å². The molecule has 1 amide bonds. The van der Waals surface area contributed by atoms with E-state index in [0.717, 1.165) is 27.5 Å². The largest absolute Gasteiger partial charge is 0.486 e. The van der Waals surface area contributed by atoms with Crippen LogP contribution in [-0.2, 0) is 11.3 Å². The molecule has 0 saturated heterocycles. The van der Waals surface area contributed by atoms with Gasteiger partial charge >= 0.3 is 0 Å². The second-order valence-corrected chi connectivity index (χ2v) is 8.07. The Hall–Kier alpha value is -2.92. The Morgan fingerprint density at radius 2 is 1.59 bits per heavy atom. The fourth-order valence-corrected chi connectivity index (χ4v) is 4.42. The van der Waals surface area contributed by atoms with Gasteiger partial charge < -0.3 is 14.4 Å². The number of thioether (sulfide) groups is 1. The Bertz CT molecular complexity index is 962. The quantitative estimate of drug-likeness (QED) is 0.544. The van der Waals surface area contributed by atoms with Crippen molar-refractivity contribution in [2.75, 3.05) is 20.3 Å². The summed E-state index contributed by atoms with van der Waals surface area (Å²) in [6, 6.07) is 25.8. The van der Waals surface area contributed by atoms with Crippen molar-refractivity contribution in [2.24, 2.45) is 0 Å². The minimum atomic E-state index is -0.305. The summed E-state index contributed by atoms with van der Waals surface area (Å²) >= 11 is 1.58. The van der Waals surface area contributed by atoms with Crippen molar-refractivity contribution < 1.29 is 14.3 Å².